The van der Waals surface area contributed by atoms with Crippen LogP contribution in [0.3, 0.4) is 0 Å². The third kappa shape index (κ3) is 4.86. The van der Waals surface area contributed by atoms with E-state index >= 15 is 0 Å². The van der Waals surface area contributed by atoms with Crippen molar-refractivity contribution in [3.8, 4) is 0 Å². The van der Waals surface area contributed by atoms with E-state index in [0.717, 1.165) is 0 Å². The number of nitrogens with zero attached hydrogens (tertiary/aromatic N) is 2. The van der Waals surface area contributed by atoms with Gasteiger partial charge in [-0.25, -0.2) is 0 Å². The van der Waals surface area contributed by atoms with Crippen LogP contribution < -0.4 is 0 Å². The maximum absolute atomic E-state index is 4.33. The van der Waals surface area contributed by atoms with Gasteiger partial charge in [-0.3, -0.25) is 0 Å². The average molecular weight is 156 g/mol. The molecule has 2 rings (SSSR count). The van der Waals surface area contributed by atoms with Crippen molar-refractivity contribution < 1.29 is 14.5 Å². The van der Waals surface area contributed by atoms with Gasteiger partial charge in [-0.2, -0.15) is 0 Å². The lowest BCUT2D eigenvalue weighted by atomic mass is 10.8. The summed E-state index contributed by atoms with van der Waals surface area (Å²) >= 11 is 0. The van der Waals surface area contributed by atoms with Gasteiger partial charge in [-0.05, 0) is 12.1 Å². The molecule has 0 unspecified atom stereocenters. The Hall–Kier alpha value is -1.62. The molecule has 0 radical (unpaired) electrons. The second-order valence-corrected chi connectivity index (χ2v) is 1.38. The van der Waals surface area contributed by atoms with Gasteiger partial charge in [-0.15, -0.1) is 0 Å². The molecule has 0 bridgehead atoms. The van der Waals surface area contributed by atoms with Crippen LogP contribution in [0.4, 0.5) is 0 Å². The fourth-order valence-corrected chi connectivity index (χ4v) is 0.351. The van der Waals surface area contributed by atoms with E-state index < -0.39 is 0 Å². The van der Waals surface area contributed by atoms with Gasteiger partial charge in [0.1, 0.15) is 12.5 Å². The van der Waals surface area contributed by atoms with Crippen molar-refractivity contribution in [3.63, 3.8) is 0 Å². The molecule has 0 saturated carbocycles. The fraction of sp³-hybridized carbons (Fsp3) is 0. The quantitative estimate of drug-likeness (QED) is 0.556. The van der Waals surface area contributed by atoms with Gasteiger partial charge in [0.2, 0.25) is 0 Å². The SMILES string of the molecule is O.c1cnoc1.c1cnoc1. The molecular weight excluding hydrogens is 148 g/mol. The minimum atomic E-state index is 0. The number of aromatic nitrogens is 2. The van der Waals surface area contributed by atoms with E-state index in [1.54, 1.807) is 24.5 Å². The summed E-state index contributed by atoms with van der Waals surface area (Å²) in [5, 5.41) is 6.69. The summed E-state index contributed by atoms with van der Waals surface area (Å²) in [6.45, 7) is 0. The summed E-state index contributed by atoms with van der Waals surface area (Å²) in [5.74, 6) is 0. The van der Waals surface area contributed by atoms with Crippen molar-refractivity contribution in [1.29, 1.82) is 0 Å². The first-order valence-electron chi connectivity index (χ1n) is 2.69. The molecule has 60 valence electrons. The maximum atomic E-state index is 4.33. The third-order valence-corrected chi connectivity index (χ3v) is 0.694. The summed E-state index contributed by atoms with van der Waals surface area (Å²) < 4.78 is 8.67. The fourth-order valence-electron chi connectivity index (χ4n) is 0.351. The van der Waals surface area contributed by atoms with Crippen LogP contribution in [0.15, 0.2) is 46.1 Å². The van der Waals surface area contributed by atoms with Crippen molar-refractivity contribution in [2.75, 3.05) is 0 Å². The number of hydrogen-bond donors (Lipinski definition) is 0. The van der Waals surface area contributed by atoms with E-state index in [4.69, 9.17) is 0 Å². The molecule has 5 heteroatoms. The Kier molecular flexibility index (Phi) is 5.54. The zero-order chi connectivity index (χ0) is 7.07. The lowest BCUT2D eigenvalue weighted by Gasteiger charge is -1.48. The molecule has 0 spiro atoms. The molecule has 2 aromatic rings. The molecule has 2 aromatic heterocycles. The van der Waals surface area contributed by atoms with Gasteiger partial charge in [0, 0.05) is 0 Å². The second-order valence-electron chi connectivity index (χ2n) is 1.38. The van der Waals surface area contributed by atoms with Crippen molar-refractivity contribution in [2.45, 2.75) is 0 Å². The molecular formula is C6H8N2O3. The van der Waals surface area contributed by atoms with E-state index in [-0.39, 0.29) is 5.48 Å². The highest BCUT2D eigenvalue weighted by Gasteiger charge is 1.60. The van der Waals surface area contributed by atoms with Crippen molar-refractivity contribution in [3.05, 3.63) is 37.1 Å². The van der Waals surface area contributed by atoms with E-state index in [2.05, 4.69) is 19.4 Å². The molecule has 2 N–H and O–H groups in total. The molecule has 0 aliphatic heterocycles. The largest absolute Gasteiger partial charge is 0.412 e. The van der Waals surface area contributed by atoms with E-state index in [1.165, 1.54) is 12.5 Å². The number of rotatable bonds is 0. The zero-order valence-corrected chi connectivity index (χ0v) is 5.68. The van der Waals surface area contributed by atoms with Gasteiger partial charge >= 0.3 is 0 Å². The molecule has 11 heavy (non-hydrogen) atoms. The molecule has 5 nitrogen and oxygen atoms in total. The summed E-state index contributed by atoms with van der Waals surface area (Å²) in [4.78, 5) is 0. The molecule has 0 amide bonds. The van der Waals surface area contributed by atoms with Gasteiger partial charge in [0.25, 0.3) is 0 Å². The van der Waals surface area contributed by atoms with Crippen LogP contribution in [0.1, 0.15) is 0 Å². The topological polar surface area (TPSA) is 83.6 Å². The molecule has 0 fully saturated rings. The molecule has 0 saturated heterocycles. The average Bonchev–Trinajstić information content (AvgIpc) is 2.67. The van der Waals surface area contributed by atoms with Crippen LogP contribution in [-0.4, -0.2) is 15.8 Å². The first kappa shape index (κ1) is 9.38. The van der Waals surface area contributed by atoms with Gasteiger partial charge < -0.3 is 14.5 Å². The minimum Gasteiger partial charge on any atom is -0.412 e. The highest BCUT2D eigenvalue weighted by Crippen LogP contribution is 1.72. The molecule has 0 aliphatic carbocycles. The summed E-state index contributed by atoms with van der Waals surface area (Å²) in [7, 11) is 0. The Balaban J connectivity index is 0.000000167. The predicted octanol–water partition coefficient (Wildman–Crippen LogP) is 0.524. The van der Waals surface area contributed by atoms with Crippen LogP contribution in [0, 0.1) is 0 Å². The molecule has 0 aliphatic rings. The van der Waals surface area contributed by atoms with Gasteiger partial charge in [0.15, 0.2) is 0 Å². The van der Waals surface area contributed by atoms with Crippen LogP contribution in [0.5, 0.6) is 0 Å². The molecule has 2 heterocycles. The lowest BCUT2D eigenvalue weighted by Crippen LogP contribution is -1.38. The van der Waals surface area contributed by atoms with Gasteiger partial charge in [-0.1, -0.05) is 10.3 Å². The Morgan fingerprint density at radius 1 is 0.818 bits per heavy atom. The summed E-state index contributed by atoms with van der Waals surface area (Å²) in [5.41, 5.74) is 0. The normalized spacial score (nSPS) is 7.27. The van der Waals surface area contributed by atoms with Crippen molar-refractivity contribution in [1.82, 2.24) is 10.3 Å². The predicted molar refractivity (Wildman–Crippen MR) is 36.6 cm³/mol. The van der Waals surface area contributed by atoms with Crippen molar-refractivity contribution >= 4 is 0 Å². The maximum Gasteiger partial charge on any atom is 0.123 e. The van der Waals surface area contributed by atoms with Crippen LogP contribution in [-0.2, 0) is 0 Å². The standard InChI is InChI=1S/2C3H3NO.H2O/c2*1-2-4-5-3-1;/h2*1-3H;1H2. The summed E-state index contributed by atoms with van der Waals surface area (Å²) in [6, 6.07) is 3.44. The zero-order valence-electron chi connectivity index (χ0n) is 5.68. The molecule has 0 aromatic carbocycles. The monoisotopic (exact) mass is 156 g/mol. The van der Waals surface area contributed by atoms with E-state index in [0.29, 0.717) is 0 Å². The Morgan fingerprint density at radius 2 is 1.27 bits per heavy atom. The van der Waals surface area contributed by atoms with Crippen LogP contribution in [0.2, 0.25) is 0 Å². The van der Waals surface area contributed by atoms with Crippen LogP contribution in [0.25, 0.3) is 0 Å². The number of hydrogen-bond acceptors (Lipinski definition) is 4. The van der Waals surface area contributed by atoms with E-state index in [9.17, 15) is 0 Å². The van der Waals surface area contributed by atoms with Gasteiger partial charge in [0.05, 0.1) is 12.4 Å². The van der Waals surface area contributed by atoms with Crippen LogP contribution >= 0.6 is 0 Å². The first-order chi connectivity index (χ1) is 5.00. The Bertz CT molecular complexity index is 155. The molecule has 0 atom stereocenters. The first-order valence-corrected chi connectivity index (χ1v) is 2.69. The Morgan fingerprint density at radius 3 is 1.36 bits per heavy atom. The third-order valence-electron chi connectivity index (χ3n) is 0.694. The minimum absolute atomic E-state index is 0. The van der Waals surface area contributed by atoms with Crippen molar-refractivity contribution in [2.24, 2.45) is 0 Å². The lowest BCUT2D eigenvalue weighted by molar-refractivity contribution is 0.419. The second kappa shape index (κ2) is 6.50. The summed E-state index contributed by atoms with van der Waals surface area (Å²) in [6.07, 6.45) is 6.19. The highest BCUT2D eigenvalue weighted by atomic mass is 16.5. The smallest absolute Gasteiger partial charge is 0.123 e. The van der Waals surface area contributed by atoms with E-state index in [1.807, 2.05) is 0 Å². The highest BCUT2D eigenvalue weighted by molar-refractivity contribution is 4.68. The Labute approximate surface area is 62.9 Å².